The summed E-state index contributed by atoms with van der Waals surface area (Å²) in [5.74, 6) is 0.207. The summed E-state index contributed by atoms with van der Waals surface area (Å²) in [5, 5.41) is 14.6. The lowest BCUT2D eigenvalue weighted by Crippen LogP contribution is -2.42. The van der Waals surface area contributed by atoms with Crippen LogP contribution in [0.5, 0.6) is 5.75 Å². The molecule has 8 nitrogen and oxygen atoms in total. The standard InChI is InChI=1S/C19H27N3O5/c1-12(2)16(11-23)20-17(24)9-8-15-18(25)22(19(26)21-15)10-13-4-6-14(27-3)7-5-13/h4-7,12,15-16,23H,8-11H2,1-3H3,(H,20,24)(H,21,26)/t15-,16-/m0/s1. The highest BCUT2D eigenvalue weighted by atomic mass is 16.5. The minimum absolute atomic E-state index is 0.0935. The zero-order valence-electron chi connectivity index (χ0n) is 15.9. The lowest BCUT2D eigenvalue weighted by Gasteiger charge is -2.20. The first-order valence-electron chi connectivity index (χ1n) is 9.00. The normalized spacial score (nSPS) is 17.8. The Morgan fingerprint density at radius 3 is 2.52 bits per heavy atom. The summed E-state index contributed by atoms with van der Waals surface area (Å²) in [4.78, 5) is 37.8. The van der Waals surface area contributed by atoms with Crippen LogP contribution in [0.25, 0.3) is 0 Å². The number of carbonyl (C=O) groups is 3. The van der Waals surface area contributed by atoms with Gasteiger partial charge in [-0.3, -0.25) is 14.5 Å². The monoisotopic (exact) mass is 377 g/mol. The second-order valence-corrected chi connectivity index (χ2v) is 6.91. The number of hydrogen-bond donors (Lipinski definition) is 3. The van der Waals surface area contributed by atoms with E-state index < -0.39 is 12.1 Å². The van der Waals surface area contributed by atoms with Crippen LogP contribution in [-0.2, 0) is 16.1 Å². The molecule has 8 heteroatoms. The molecule has 0 aliphatic carbocycles. The van der Waals surface area contributed by atoms with Crippen LogP contribution in [0.2, 0.25) is 0 Å². The molecule has 1 fully saturated rings. The first-order valence-corrected chi connectivity index (χ1v) is 9.00. The molecular formula is C19H27N3O5. The average Bonchev–Trinajstić information content (AvgIpc) is 2.92. The zero-order valence-corrected chi connectivity index (χ0v) is 15.9. The summed E-state index contributed by atoms with van der Waals surface area (Å²) in [5.41, 5.74) is 0.806. The number of aliphatic hydroxyl groups is 1. The molecule has 3 N–H and O–H groups in total. The maximum Gasteiger partial charge on any atom is 0.325 e. The second-order valence-electron chi connectivity index (χ2n) is 6.91. The van der Waals surface area contributed by atoms with E-state index in [0.717, 1.165) is 10.5 Å². The number of aliphatic hydroxyl groups excluding tert-OH is 1. The van der Waals surface area contributed by atoms with E-state index in [1.165, 1.54) is 0 Å². The van der Waals surface area contributed by atoms with Gasteiger partial charge in [0.25, 0.3) is 5.91 Å². The largest absolute Gasteiger partial charge is 0.497 e. The quantitative estimate of drug-likeness (QED) is 0.557. The Kier molecular flexibility index (Phi) is 7.18. The zero-order chi connectivity index (χ0) is 20.0. The molecule has 0 saturated carbocycles. The maximum atomic E-state index is 12.5. The van der Waals surface area contributed by atoms with E-state index >= 15 is 0 Å². The van der Waals surface area contributed by atoms with Crippen molar-refractivity contribution in [2.75, 3.05) is 13.7 Å². The maximum absolute atomic E-state index is 12.5. The number of rotatable bonds is 9. The van der Waals surface area contributed by atoms with Gasteiger partial charge < -0.3 is 20.5 Å². The smallest absolute Gasteiger partial charge is 0.325 e. The Labute approximate surface area is 158 Å². The molecule has 2 atom stereocenters. The van der Waals surface area contributed by atoms with Crippen LogP contribution in [0.1, 0.15) is 32.3 Å². The number of benzene rings is 1. The number of nitrogens with one attached hydrogen (secondary N) is 2. The molecule has 0 spiro atoms. The van der Waals surface area contributed by atoms with Crippen LogP contribution in [0.4, 0.5) is 4.79 Å². The number of nitrogens with zero attached hydrogens (tertiary/aromatic N) is 1. The van der Waals surface area contributed by atoms with Crippen LogP contribution in [0.3, 0.4) is 0 Å². The summed E-state index contributed by atoms with van der Waals surface area (Å²) >= 11 is 0. The third kappa shape index (κ3) is 5.43. The summed E-state index contributed by atoms with van der Waals surface area (Å²) in [7, 11) is 1.57. The molecule has 1 aliphatic heterocycles. The van der Waals surface area contributed by atoms with Gasteiger partial charge in [0.05, 0.1) is 26.3 Å². The third-order valence-electron chi connectivity index (χ3n) is 4.61. The number of amides is 4. The third-order valence-corrected chi connectivity index (χ3v) is 4.61. The minimum Gasteiger partial charge on any atom is -0.497 e. The highest BCUT2D eigenvalue weighted by Crippen LogP contribution is 2.17. The van der Waals surface area contributed by atoms with Crippen molar-refractivity contribution in [3.05, 3.63) is 29.8 Å². The van der Waals surface area contributed by atoms with Gasteiger partial charge >= 0.3 is 6.03 Å². The Bertz CT molecular complexity index is 674. The van der Waals surface area contributed by atoms with Gasteiger partial charge in [0, 0.05) is 6.42 Å². The average molecular weight is 377 g/mol. The highest BCUT2D eigenvalue weighted by Gasteiger charge is 2.37. The molecule has 0 unspecified atom stereocenters. The lowest BCUT2D eigenvalue weighted by atomic mass is 10.0. The van der Waals surface area contributed by atoms with Crippen molar-refractivity contribution >= 4 is 17.8 Å². The first kappa shape index (κ1) is 20.7. The van der Waals surface area contributed by atoms with Gasteiger partial charge in [-0.25, -0.2) is 4.79 Å². The van der Waals surface area contributed by atoms with Crippen molar-refractivity contribution in [2.45, 2.75) is 45.3 Å². The molecule has 4 amide bonds. The Hall–Kier alpha value is -2.61. The molecule has 0 bridgehead atoms. The number of ether oxygens (including phenoxy) is 1. The second kappa shape index (κ2) is 9.36. The SMILES string of the molecule is COc1ccc(CN2C(=O)N[C@@H](CCC(=O)N[C@@H](CO)C(C)C)C2=O)cc1. The topological polar surface area (TPSA) is 108 Å². The number of urea groups is 1. The van der Waals surface area contributed by atoms with Gasteiger partial charge in [0.1, 0.15) is 11.8 Å². The molecule has 148 valence electrons. The fourth-order valence-electron chi connectivity index (χ4n) is 2.81. The van der Waals surface area contributed by atoms with E-state index in [4.69, 9.17) is 4.74 Å². The fraction of sp³-hybridized carbons (Fsp3) is 0.526. The number of imide groups is 1. The van der Waals surface area contributed by atoms with Gasteiger partial charge in [-0.1, -0.05) is 26.0 Å². The van der Waals surface area contributed by atoms with Crippen LogP contribution in [0, 0.1) is 5.92 Å². The Morgan fingerprint density at radius 2 is 1.96 bits per heavy atom. The Balaban J connectivity index is 1.88. The van der Waals surface area contributed by atoms with Crippen molar-refractivity contribution in [3.63, 3.8) is 0 Å². The van der Waals surface area contributed by atoms with Gasteiger partial charge in [0.15, 0.2) is 0 Å². The van der Waals surface area contributed by atoms with Crippen molar-refractivity contribution in [1.29, 1.82) is 0 Å². The first-order chi connectivity index (χ1) is 12.8. The summed E-state index contributed by atoms with van der Waals surface area (Å²) in [6, 6.07) is 5.62. The van der Waals surface area contributed by atoms with Crippen LogP contribution in [0.15, 0.2) is 24.3 Å². The van der Waals surface area contributed by atoms with Crippen molar-refractivity contribution in [1.82, 2.24) is 15.5 Å². The molecular weight excluding hydrogens is 350 g/mol. The minimum atomic E-state index is -0.715. The molecule has 0 radical (unpaired) electrons. The van der Waals surface area contributed by atoms with E-state index in [0.29, 0.717) is 5.75 Å². The van der Waals surface area contributed by atoms with Crippen molar-refractivity contribution in [3.8, 4) is 5.75 Å². The lowest BCUT2D eigenvalue weighted by molar-refractivity contribution is -0.128. The summed E-state index contributed by atoms with van der Waals surface area (Å²) in [6.07, 6.45) is 0.308. The van der Waals surface area contributed by atoms with E-state index in [2.05, 4.69) is 10.6 Å². The molecule has 0 aromatic heterocycles. The van der Waals surface area contributed by atoms with Crippen LogP contribution in [-0.4, -0.2) is 53.7 Å². The van der Waals surface area contributed by atoms with Gasteiger partial charge in [0.2, 0.25) is 5.91 Å². The molecule has 1 heterocycles. The highest BCUT2D eigenvalue weighted by molar-refractivity contribution is 6.04. The Morgan fingerprint density at radius 1 is 1.30 bits per heavy atom. The van der Waals surface area contributed by atoms with E-state index in [1.54, 1.807) is 31.4 Å². The molecule has 27 heavy (non-hydrogen) atoms. The number of hydrogen-bond acceptors (Lipinski definition) is 5. The predicted molar refractivity (Wildman–Crippen MR) is 99.0 cm³/mol. The van der Waals surface area contributed by atoms with Crippen molar-refractivity contribution < 1.29 is 24.2 Å². The van der Waals surface area contributed by atoms with Crippen LogP contribution >= 0.6 is 0 Å². The summed E-state index contributed by atoms with van der Waals surface area (Å²) in [6.45, 7) is 3.83. The van der Waals surface area contributed by atoms with E-state index in [1.807, 2.05) is 13.8 Å². The van der Waals surface area contributed by atoms with Gasteiger partial charge in [-0.15, -0.1) is 0 Å². The molecule has 1 saturated heterocycles. The summed E-state index contributed by atoms with van der Waals surface area (Å²) < 4.78 is 5.09. The van der Waals surface area contributed by atoms with Crippen LogP contribution < -0.4 is 15.4 Å². The van der Waals surface area contributed by atoms with Crippen molar-refractivity contribution in [2.24, 2.45) is 5.92 Å². The van der Waals surface area contributed by atoms with E-state index in [9.17, 15) is 19.5 Å². The number of carbonyl (C=O) groups excluding carboxylic acids is 3. The fourth-order valence-corrected chi connectivity index (χ4v) is 2.81. The molecule has 1 aromatic rings. The molecule has 2 rings (SSSR count). The van der Waals surface area contributed by atoms with Gasteiger partial charge in [-0.2, -0.15) is 0 Å². The number of methoxy groups -OCH3 is 1. The molecule has 1 aliphatic rings. The predicted octanol–water partition coefficient (Wildman–Crippen LogP) is 1.03. The molecule has 1 aromatic carbocycles. The van der Waals surface area contributed by atoms with Gasteiger partial charge in [-0.05, 0) is 30.0 Å². The van der Waals surface area contributed by atoms with E-state index in [-0.39, 0.29) is 49.8 Å².